The van der Waals surface area contributed by atoms with Crippen LogP contribution in [0.2, 0.25) is 0 Å². The lowest BCUT2D eigenvalue weighted by atomic mass is 9.98. The number of likely N-dealkylation sites (N-methyl/N-ethyl adjacent to an activating group) is 1. The number of aryl methyl sites for hydroxylation is 1. The number of carbonyl (C=O) groups is 1. The maximum atomic E-state index is 11.9. The van der Waals surface area contributed by atoms with Crippen LogP contribution in [-0.4, -0.2) is 46.2 Å². The summed E-state index contributed by atoms with van der Waals surface area (Å²) < 4.78 is 5.60. The van der Waals surface area contributed by atoms with Gasteiger partial charge in [-0.25, -0.2) is 0 Å². The lowest BCUT2D eigenvalue weighted by molar-refractivity contribution is 0.0995. The van der Waals surface area contributed by atoms with E-state index in [4.69, 9.17) is 10.5 Å². The van der Waals surface area contributed by atoms with Crippen molar-refractivity contribution in [3.8, 4) is 5.75 Å². The number of benzene rings is 2. The molecule has 9 heteroatoms. The van der Waals surface area contributed by atoms with Gasteiger partial charge < -0.3 is 21.1 Å². The average Bonchev–Trinajstić information content (AvgIpc) is 2.78. The highest BCUT2D eigenvalue weighted by Gasteiger charge is 2.20. The van der Waals surface area contributed by atoms with Crippen molar-refractivity contribution in [2.24, 2.45) is 5.73 Å². The predicted octanol–water partition coefficient (Wildman–Crippen LogP) is 3.15. The van der Waals surface area contributed by atoms with Crippen LogP contribution in [0.15, 0.2) is 36.4 Å². The number of methoxy groups -OCH3 is 1. The molecule has 1 aromatic heterocycles. The zero-order chi connectivity index (χ0) is 22.7. The second-order valence-corrected chi connectivity index (χ2v) is 7.76. The van der Waals surface area contributed by atoms with Crippen LogP contribution in [0.1, 0.15) is 34.1 Å². The Bertz CT molecular complexity index is 1150. The van der Waals surface area contributed by atoms with Gasteiger partial charge in [-0.1, -0.05) is 19.1 Å². The summed E-state index contributed by atoms with van der Waals surface area (Å²) in [6.07, 6.45) is 0.982. The molecule has 2 aromatic carbocycles. The smallest absolute Gasteiger partial charge is 0.273 e. The molecule has 0 fully saturated rings. The van der Waals surface area contributed by atoms with Gasteiger partial charge in [0.15, 0.2) is 11.5 Å². The minimum atomic E-state index is -0.710. The molecule has 0 unspecified atom stereocenters. The highest BCUT2D eigenvalue weighted by Crippen LogP contribution is 2.33. The van der Waals surface area contributed by atoms with Crippen molar-refractivity contribution in [3.05, 3.63) is 58.8 Å². The molecule has 32 heavy (non-hydrogen) atoms. The van der Waals surface area contributed by atoms with E-state index in [9.17, 15) is 4.79 Å². The van der Waals surface area contributed by atoms with Crippen LogP contribution in [0.3, 0.4) is 0 Å². The first-order valence-electron chi connectivity index (χ1n) is 10.5. The summed E-state index contributed by atoms with van der Waals surface area (Å²) in [7, 11) is 1.63. The number of aromatic nitrogens is 3. The monoisotopic (exact) mass is 433 g/mol. The van der Waals surface area contributed by atoms with E-state index >= 15 is 0 Å². The number of nitrogens with two attached hydrogens (primary N) is 1. The summed E-state index contributed by atoms with van der Waals surface area (Å²) >= 11 is 0. The van der Waals surface area contributed by atoms with Gasteiger partial charge in [0.05, 0.1) is 12.8 Å². The topological polar surface area (TPSA) is 118 Å². The third kappa shape index (κ3) is 4.62. The van der Waals surface area contributed by atoms with E-state index in [2.05, 4.69) is 49.8 Å². The standard InChI is InChI=1S/C23H27N7O2/c1-4-30-9-8-15-12-19(32-3)18(11-16(15)13-30)26-23-27-22(20(21(24)31)28-29-23)25-17-7-5-6-14(2)10-17/h5-7,10-12H,4,8-9,13H2,1-3H3,(H2,24,31)(H2,25,26,27,29). The molecule has 0 saturated heterocycles. The predicted molar refractivity (Wildman–Crippen MR) is 124 cm³/mol. The minimum absolute atomic E-state index is 0.0342. The fourth-order valence-corrected chi connectivity index (χ4v) is 3.79. The number of rotatable bonds is 7. The summed E-state index contributed by atoms with van der Waals surface area (Å²) in [4.78, 5) is 18.7. The molecule has 166 valence electrons. The van der Waals surface area contributed by atoms with E-state index in [0.717, 1.165) is 43.0 Å². The number of primary amides is 1. The molecule has 0 atom stereocenters. The SMILES string of the molecule is CCN1CCc2cc(OC)c(Nc3nnc(C(N)=O)c(Nc4cccc(C)c4)n3)cc2C1. The van der Waals surface area contributed by atoms with E-state index in [1.807, 2.05) is 31.2 Å². The van der Waals surface area contributed by atoms with Crippen LogP contribution in [0.25, 0.3) is 0 Å². The van der Waals surface area contributed by atoms with Gasteiger partial charge >= 0.3 is 0 Å². The number of hydrogen-bond acceptors (Lipinski definition) is 8. The lowest BCUT2D eigenvalue weighted by Gasteiger charge is -2.28. The Labute approximate surface area is 187 Å². The normalized spacial score (nSPS) is 13.3. The average molecular weight is 434 g/mol. The van der Waals surface area contributed by atoms with Crippen molar-refractivity contribution in [2.45, 2.75) is 26.8 Å². The van der Waals surface area contributed by atoms with Gasteiger partial charge in [-0.05, 0) is 60.8 Å². The van der Waals surface area contributed by atoms with Gasteiger partial charge in [-0.3, -0.25) is 9.69 Å². The van der Waals surface area contributed by atoms with Gasteiger partial charge in [0.2, 0.25) is 5.95 Å². The molecule has 9 nitrogen and oxygen atoms in total. The zero-order valence-corrected chi connectivity index (χ0v) is 18.5. The van der Waals surface area contributed by atoms with E-state index in [1.54, 1.807) is 7.11 Å². The third-order valence-corrected chi connectivity index (χ3v) is 5.51. The van der Waals surface area contributed by atoms with Crippen molar-refractivity contribution < 1.29 is 9.53 Å². The quantitative estimate of drug-likeness (QED) is 0.520. The molecule has 0 radical (unpaired) electrons. The van der Waals surface area contributed by atoms with Crippen LogP contribution in [0.5, 0.6) is 5.75 Å². The largest absolute Gasteiger partial charge is 0.495 e. The van der Waals surface area contributed by atoms with Crippen LogP contribution < -0.4 is 21.1 Å². The lowest BCUT2D eigenvalue weighted by Crippen LogP contribution is -2.30. The maximum absolute atomic E-state index is 11.9. The van der Waals surface area contributed by atoms with Crippen LogP contribution in [0.4, 0.5) is 23.1 Å². The molecule has 0 bridgehead atoms. The van der Waals surface area contributed by atoms with Crippen molar-refractivity contribution >= 4 is 29.0 Å². The Morgan fingerprint density at radius 3 is 2.75 bits per heavy atom. The Balaban J connectivity index is 1.66. The number of nitrogens with zero attached hydrogens (tertiary/aromatic N) is 4. The van der Waals surface area contributed by atoms with Crippen LogP contribution in [0, 0.1) is 6.92 Å². The first-order valence-corrected chi connectivity index (χ1v) is 10.5. The van der Waals surface area contributed by atoms with Gasteiger partial charge in [0.25, 0.3) is 5.91 Å². The highest BCUT2D eigenvalue weighted by atomic mass is 16.5. The molecule has 1 amide bonds. The Morgan fingerprint density at radius 1 is 1.19 bits per heavy atom. The molecule has 1 aliphatic rings. The highest BCUT2D eigenvalue weighted by molar-refractivity contribution is 5.96. The van der Waals surface area contributed by atoms with Crippen LogP contribution >= 0.6 is 0 Å². The summed E-state index contributed by atoms with van der Waals surface area (Å²) in [5.41, 5.74) is 10.5. The molecule has 2 heterocycles. The van der Waals surface area contributed by atoms with Crippen molar-refractivity contribution in [3.63, 3.8) is 0 Å². The van der Waals surface area contributed by atoms with E-state index in [-0.39, 0.29) is 17.5 Å². The van der Waals surface area contributed by atoms with E-state index in [1.165, 1.54) is 11.1 Å². The molecule has 4 N–H and O–H groups in total. The Morgan fingerprint density at radius 2 is 2.03 bits per heavy atom. The Hall–Kier alpha value is -3.72. The molecular formula is C23H27N7O2. The van der Waals surface area contributed by atoms with Crippen molar-refractivity contribution in [1.82, 2.24) is 20.1 Å². The number of nitrogens with one attached hydrogen (secondary N) is 2. The molecule has 1 aliphatic heterocycles. The summed E-state index contributed by atoms with van der Waals surface area (Å²) in [6, 6.07) is 11.8. The number of ether oxygens (including phenoxy) is 1. The fourth-order valence-electron chi connectivity index (χ4n) is 3.79. The molecule has 3 aromatic rings. The minimum Gasteiger partial charge on any atom is -0.495 e. The van der Waals surface area contributed by atoms with Gasteiger partial charge in [0.1, 0.15) is 5.75 Å². The molecule has 4 rings (SSSR count). The van der Waals surface area contributed by atoms with E-state index in [0.29, 0.717) is 5.75 Å². The molecular weight excluding hydrogens is 406 g/mol. The summed E-state index contributed by atoms with van der Waals surface area (Å²) in [6.45, 7) is 7.06. The Kier molecular flexibility index (Phi) is 6.18. The van der Waals surface area contributed by atoms with Gasteiger partial charge in [-0.15, -0.1) is 10.2 Å². The number of hydrogen-bond donors (Lipinski definition) is 3. The first-order chi connectivity index (χ1) is 15.5. The van der Waals surface area contributed by atoms with Crippen LogP contribution in [-0.2, 0) is 13.0 Å². The van der Waals surface area contributed by atoms with Crippen molar-refractivity contribution in [2.75, 3.05) is 30.8 Å². The summed E-state index contributed by atoms with van der Waals surface area (Å²) in [5, 5.41) is 14.4. The number of anilines is 4. The van der Waals surface area contributed by atoms with E-state index < -0.39 is 5.91 Å². The second kappa shape index (κ2) is 9.19. The second-order valence-electron chi connectivity index (χ2n) is 7.76. The summed E-state index contributed by atoms with van der Waals surface area (Å²) in [5.74, 6) is 0.448. The van der Waals surface area contributed by atoms with Gasteiger partial charge in [-0.2, -0.15) is 4.98 Å². The van der Waals surface area contributed by atoms with Crippen molar-refractivity contribution in [1.29, 1.82) is 0 Å². The zero-order valence-electron chi connectivity index (χ0n) is 18.5. The first kappa shape index (κ1) is 21.5. The number of amides is 1. The third-order valence-electron chi connectivity index (χ3n) is 5.51. The fraction of sp³-hybridized carbons (Fsp3) is 0.304. The molecule has 0 saturated carbocycles. The van der Waals surface area contributed by atoms with Gasteiger partial charge in [0, 0.05) is 18.8 Å². The molecule has 0 spiro atoms. The number of carbonyl (C=O) groups excluding carboxylic acids is 1. The maximum Gasteiger partial charge on any atom is 0.273 e. The number of fused-ring (bicyclic) bond motifs is 1. The molecule has 0 aliphatic carbocycles.